The molecule has 5 rings (SSSR count). The normalized spacial score (nSPS) is 16.5. The average Bonchev–Trinajstić information content (AvgIpc) is 3.45. The van der Waals surface area contributed by atoms with Crippen LogP contribution in [0.5, 0.6) is 5.75 Å². The van der Waals surface area contributed by atoms with Crippen molar-refractivity contribution in [1.29, 1.82) is 0 Å². The molecule has 2 aromatic heterocycles. The van der Waals surface area contributed by atoms with Gasteiger partial charge in [-0.25, -0.2) is 4.98 Å². The molecule has 1 fully saturated rings. The molecule has 3 heterocycles. The third-order valence-corrected chi connectivity index (χ3v) is 6.41. The Bertz CT molecular complexity index is 1260. The molecule has 2 amide bonds. The highest BCUT2D eigenvalue weighted by atomic mass is 32.1. The van der Waals surface area contributed by atoms with E-state index in [1.807, 2.05) is 48.7 Å². The largest absolute Gasteiger partial charge is 0.497 e. The van der Waals surface area contributed by atoms with E-state index in [0.29, 0.717) is 24.5 Å². The molecule has 2 N–H and O–H groups in total. The first-order chi connectivity index (χ1) is 14.6. The van der Waals surface area contributed by atoms with E-state index in [1.54, 1.807) is 12.0 Å². The van der Waals surface area contributed by atoms with Crippen LogP contribution >= 0.6 is 11.3 Å². The van der Waals surface area contributed by atoms with Crippen molar-refractivity contribution in [3.8, 4) is 5.75 Å². The van der Waals surface area contributed by atoms with Crippen molar-refractivity contribution < 1.29 is 14.3 Å². The van der Waals surface area contributed by atoms with Crippen LogP contribution < -0.4 is 10.1 Å². The molecule has 0 radical (unpaired) electrons. The zero-order valence-electron chi connectivity index (χ0n) is 16.3. The molecule has 0 bridgehead atoms. The molecule has 0 saturated carbocycles. The Morgan fingerprint density at radius 2 is 2.20 bits per heavy atom. The smallest absolute Gasteiger partial charge is 0.248 e. The number of nitrogens with zero attached hydrogens (tertiary/aromatic N) is 2. The number of fused-ring (bicyclic) bond motifs is 2. The van der Waals surface area contributed by atoms with Gasteiger partial charge in [0.2, 0.25) is 11.8 Å². The van der Waals surface area contributed by atoms with Crippen LogP contribution in [0.2, 0.25) is 0 Å². The summed E-state index contributed by atoms with van der Waals surface area (Å²) >= 11 is 1.39. The predicted octanol–water partition coefficient (Wildman–Crippen LogP) is 3.92. The molecular formula is C22H20N4O3S. The Morgan fingerprint density at radius 3 is 3.07 bits per heavy atom. The average molecular weight is 420 g/mol. The van der Waals surface area contributed by atoms with E-state index in [1.165, 1.54) is 11.3 Å². The Hall–Kier alpha value is -3.39. The number of likely N-dealkylation sites (tertiary alicyclic amines) is 1. The molecule has 30 heavy (non-hydrogen) atoms. The molecule has 0 aliphatic carbocycles. The number of aromatic amines is 1. The molecule has 1 atom stereocenters. The quantitative estimate of drug-likeness (QED) is 0.512. The maximum absolute atomic E-state index is 13.0. The lowest BCUT2D eigenvalue weighted by Gasteiger charge is -2.23. The number of anilines is 1. The van der Waals surface area contributed by atoms with Gasteiger partial charge in [0.05, 0.1) is 17.3 Å². The molecule has 152 valence electrons. The molecule has 1 aliphatic heterocycles. The van der Waals surface area contributed by atoms with Crippen molar-refractivity contribution in [2.45, 2.75) is 25.4 Å². The predicted molar refractivity (Wildman–Crippen MR) is 117 cm³/mol. The summed E-state index contributed by atoms with van der Waals surface area (Å²) in [4.78, 5) is 34.9. The fourth-order valence-corrected chi connectivity index (χ4v) is 4.82. The number of amides is 2. The highest BCUT2D eigenvalue weighted by Gasteiger charge is 2.36. The second-order valence-electron chi connectivity index (χ2n) is 7.28. The van der Waals surface area contributed by atoms with E-state index >= 15 is 0 Å². The van der Waals surface area contributed by atoms with Crippen molar-refractivity contribution >= 4 is 49.4 Å². The number of H-pyrrole nitrogens is 1. The number of para-hydroxylation sites is 1. The van der Waals surface area contributed by atoms with E-state index in [4.69, 9.17) is 4.74 Å². The standard InChI is InChI=1S/C22H20N4O3S/c1-29-14-6-7-17-19(10-14)30-22(24-17)25-21(28)18-8-9-20(27)26(18)12-13-11-23-16-5-3-2-4-15(13)16/h2-7,10-11,18,23H,8-9,12H2,1H3,(H,24,25,28). The molecule has 2 aromatic carbocycles. The highest BCUT2D eigenvalue weighted by molar-refractivity contribution is 7.22. The monoisotopic (exact) mass is 420 g/mol. The maximum atomic E-state index is 13.0. The van der Waals surface area contributed by atoms with Crippen molar-refractivity contribution in [2.24, 2.45) is 0 Å². The molecule has 8 heteroatoms. The van der Waals surface area contributed by atoms with Crippen LogP contribution in [-0.4, -0.2) is 39.8 Å². The SMILES string of the molecule is COc1ccc2nc(NC(=O)C3CCC(=O)N3Cc3c[nH]c4ccccc34)sc2c1. The number of rotatable bonds is 5. The van der Waals surface area contributed by atoms with Crippen molar-refractivity contribution in [2.75, 3.05) is 12.4 Å². The molecule has 0 spiro atoms. The summed E-state index contributed by atoms with van der Waals surface area (Å²) in [5, 5.41) is 4.49. The number of hydrogen-bond donors (Lipinski definition) is 2. The van der Waals surface area contributed by atoms with Gasteiger partial charge < -0.3 is 19.9 Å². The van der Waals surface area contributed by atoms with E-state index in [2.05, 4.69) is 15.3 Å². The third kappa shape index (κ3) is 3.29. The van der Waals surface area contributed by atoms with Gasteiger partial charge in [-0.1, -0.05) is 29.5 Å². The molecule has 7 nitrogen and oxygen atoms in total. The number of benzene rings is 2. The first-order valence-corrected chi connectivity index (χ1v) is 10.5. The van der Waals surface area contributed by atoms with E-state index in [0.717, 1.165) is 32.4 Å². The minimum atomic E-state index is -0.507. The molecule has 1 aliphatic rings. The molecule has 1 unspecified atom stereocenters. The Kier molecular flexibility index (Phi) is 4.63. The van der Waals surface area contributed by atoms with Crippen LogP contribution in [0.3, 0.4) is 0 Å². The van der Waals surface area contributed by atoms with Gasteiger partial charge in [-0.05, 0) is 36.2 Å². The van der Waals surface area contributed by atoms with E-state index < -0.39 is 6.04 Å². The number of ether oxygens (including phenoxy) is 1. The van der Waals surface area contributed by atoms with Crippen LogP contribution in [0.1, 0.15) is 18.4 Å². The number of thiazole rings is 1. The van der Waals surface area contributed by atoms with Gasteiger partial charge in [0.1, 0.15) is 11.8 Å². The molecule has 1 saturated heterocycles. The zero-order valence-corrected chi connectivity index (χ0v) is 17.2. The fourth-order valence-electron chi connectivity index (χ4n) is 3.92. The number of carbonyl (C=O) groups is 2. The van der Waals surface area contributed by atoms with Crippen molar-refractivity contribution in [3.05, 3.63) is 54.2 Å². The summed E-state index contributed by atoms with van der Waals surface area (Å²) in [6.45, 7) is 0.401. The van der Waals surface area contributed by atoms with Crippen LogP contribution in [0.25, 0.3) is 21.1 Å². The number of hydrogen-bond acceptors (Lipinski definition) is 5. The molecule has 4 aromatic rings. The minimum absolute atomic E-state index is 0.00512. The Balaban J connectivity index is 1.36. The lowest BCUT2D eigenvalue weighted by atomic mass is 10.1. The van der Waals surface area contributed by atoms with Gasteiger partial charge in [0.25, 0.3) is 0 Å². The third-order valence-electron chi connectivity index (χ3n) is 5.47. The Labute approximate surface area is 176 Å². The first-order valence-electron chi connectivity index (χ1n) is 9.72. The topological polar surface area (TPSA) is 87.3 Å². The van der Waals surface area contributed by atoms with E-state index in [9.17, 15) is 9.59 Å². The summed E-state index contributed by atoms with van der Waals surface area (Å²) in [5.74, 6) is 0.538. The van der Waals surface area contributed by atoms with Gasteiger partial charge in [-0.15, -0.1) is 0 Å². The van der Waals surface area contributed by atoms with Gasteiger partial charge in [0.15, 0.2) is 5.13 Å². The van der Waals surface area contributed by atoms with Gasteiger partial charge in [0, 0.05) is 30.1 Å². The number of nitrogens with one attached hydrogen (secondary N) is 2. The minimum Gasteiger partial charge on any atom is -0.497 e. The number of aromatic nitrogens is 2. The lowest BCUT2D eigenvalue weighted by Crippen LogP contribution is -2.41. The van der Waals surface area contributed by atoms with Gasteiger partial charge >= 0.3 is 0 Å². The van der Waals surface area contributed by atoms with Crippen LogP contribution in [-0.2, 0) is 16.1 Å². The van der Waals surface area contributed by atoms with Crippen LogP contribution in [0, 0.1) is 0 Å². The first kappa shape index (κ1) is 18.6. The summed E-state index contributed by atoms with van der Waals surface area (Å²) in [5.41, 5.74) is 2.82. The van der Waals surface area contributed by atoms with Crippen molar-refractivity contribution in [3.63, 3.8) is 0 Å². The highest BCUT2D eigenvalue weighted by Crippen LogP contribution is 2.31. The van der Waals surface area contributed by atoms with Crippen molar-refractivity contribution in [1.82, 2.24) is 14.9 Å². The summed E-state index contributed by atoms with van der Waals surface area (Å²) in [6, 6.07) is 13.0. The fraction of sp³-hybridized carbons (Fsp3) is 0.227. The number of carbonyl (C=O) groups excluding carboxylic acids is 2. The lowest BCUT2D eigenvalue weighted by molar-refractivity contribution is -0.133. The van der Waals surface area contributed by atoms with E-state index in [-0.39, 0.29) is 11.8 Å². The second-order valence-corrected chi connectivity index (χ2v) is 8.31. The second kappa shape index (κ2) is 7.46. The van der Waals surface area contributed by atoms with Gasteiger partial charge in [-0.2, -0.15) is 0 Å². The number of methoxy groups -OCH3 is 1. The Morgan fingerprint density at radius 1 is 1.33 bits per heavy atom. The van der Waals surface area contributed by atoms with Gasteiger partial charge in [-0.3, -0.25) is 9.59 Å². The van der Waals surface area contributed by atoms with Crippen LogP contribution in [0.15, 0.2) is 48.7 Å². The maximum Gasteiger partial charge on any atom is 0.248 e. The summed E-state index contributed by atoms with van der Waals surface area (Å²) < 4.78 is 6.18. The van der Waals surface area contributed by atoms with Crippen LogP contribution in [0.4, 0.5) is 5.13 Å². The summed E-state index contributed by atoms with van der Waals surface area (Å²) in [6.07, 6.45) is 2.79. The molecular weight excluding hydrogens is 400 g/mol. The summed E-state index contributed by atoms with van der Waals surface area (Å²) in [7, 11) is 1.62. The zero-order chi connectivity index (χ0) is 20.7.